The van der Waals surface area contributed by atoms with Crippen molar-refractivity contribution < 1.29 is 13.3 Å². The maximum Gasteiger partial charge on any atom is 0.142 e. The monoisotopic (exact) mass is 427 g/mol. The molecule has 0 aliphatic carbocycles. The molecule has 1 aliphatic heterocycles. The molecule has 2 atom stereocenters. The van der Waals surface area contributed by atoms with Crippen molar-refractivity contribution in [2.24, 2.45) is 10.7 Å². The van der Waals surface area contributed by atoms with Gasteiger partial charge < -0.3 is 15.5 Å². The first-order valence-corrected chi connectivity index (χ1v) is 11.5. The normalized spacial score (nSPS) is 25.8. The second kappa shape index (κ2) is 6.60. The summed E-state index contributed by atoms with van der Waals surface area (Å²) >= 11 is 0. The highest BCUT2D eigenvalue weighted by molar-refractivity contribution is 8.02. The number of ether oxygens (including phenoxy) is 1. The van der Waals surface area contributed by atoms with Crippen molar-refractivity contribution in [1.82, 2.24) is 4.98 Å². The largest absolute Gasteiger partial charge is 0.495 e. The summed E-state index contributed by atoms with van der Waals surface area (Å²) in [7, 11) is -1.02. The van der Waals surface area contributed by atoms with Crippen molar-refractivity contribution in [2.45, 2.75) is 31.1 Å². The minimum Gasteiger partial charge on any atom is -0.495 e. The van der Waals surface area contributed by atoms with Crippen molar-refractivity contribution in [1.29, 1.82) is 0 Å². The molecule has 1 unspecified atom stereocenters. The Morgan fingerprint density at radius 3 is 2.63 bits per heavy atom. The zero-order chi connectivity index (χ0) is 21.9. The van der Waals surface area contributed by atoms with Crippen LogP contribution in [0.4, 0.5) is 4.39 Å². The first-order valence-electron chi connectivity index (χ1n) is 9.65. The van der Waals surface area contributed by atoms with Crippen molar-refractivity contribution >= 4 is 32.1 Å². The maximum atomic E-state index is 15.0. The van der Waals surface area contributed by atoms with Gasteiger partial charge in [0.1, 0.15) is 17.4 Å². The number of aromatic nitrogens is 1. The van der Waals surface area contributed by atoms with Crippen LogP contribution in [0.5, 0.6) is 5.75 Å². The van der Waals surface area contributed by atoms with Crippen LogP contribution in [-0.2, 0) is 15.1 Å². The van der Waals surface area contributed by atoms with Gasteiger partial charge in [0.05, 0.1) is 22.9 Å². The van der Waals surface area contributed by atoms with Crippen LogP contribution in [0.25, 0.3) is 22.2 Å². The van der Waals surface area contributed by atoms with Gasteiger partial charge in [0.15, 0.2) is 0 Å². The molecule has 158 valence electrons. The van der Waals surface area contributed by atoms with Crippen LogP contribution in [-0.4, -0.2) is 38.5 Å². The Morgan fingerprint density at radius 2 is 1.97 bits per heavy atom. The van der Waals surface area contributed by atoms with E-state index in [1.165, 1.54) is 6.07 Å². The number of H-pyrrole nitrogens is 1. The summed E-state index contributed by atoms with van der Waals surface area (Å²) in [6.07, 6.45) is 0. The van der Waals surface area contributed by atoms with E-state index in [1.807, 2.05) is 24.3 Å². The number of nitrogens with two attached hydrogens (primary N) is 1. The van der Waals surface area contributed by atoms with Crippen LogP contribution >= 0.6 is 0 Å². The number of aliphatic imine (C=N–C) groups is 1. The summed E-state index contributed by atoms with van der Waals surface area (Å²) in [6, 6.07) is 12.6. The van der Waals surface area contributed by atoms with Crippen LogP contribution < -0.4 is 10.5 Å². The number of aromatic amines is 1. The Labute approximate surface area is 176 Å². The molecule has 0 radical (unpaired) electrons. The van der Waals surface area contributed by atoms with Crippen molar-refractivity contribution in [2.75, 3.05) is 12.9 Å². The number of benzene rings is 2. The van der Waals surface area contributed by atoms with Crippen molar-refractivity contribution in [3.63, 3.8) is 0 Å². The van der Waals surface area contributed by atoms with Gasteiger partial charge in [-0.3, -0.25) is 9.20 Å². The van der Waals surface area contributed by atoms with Gasteiger partial charge in [-0.05, 0) is 72.1 Å². The predicted molar refractivity (Wildman–Crippen MR) is 123 cm³/mol. The summed E-state index contributed by atoms with van der Waals surface area (Å²) in [4.78, 5) is 7.96. The molecular weight excluding hydrogens is 401 g/mol. The summed E-state index contributed by atoms with van der Waals surface area (Å²) in [5, 5.41) is 0.990. The van der Waals surface area contributed by atoms with E-state index in [0.717, 1.165) is 27.9 Å². The molecule has 1 aromatic heterocycles. The molecule has 4 rings (SSSR count). The summed E-state index contributed by atoms with van der Waals surface area (Å²) in [5.41, 5.74) is 7.94. The topological polar surface area (TPSA) is 80.5 Å². The fourth-order valence-corrected chi connectivity index (χ4v) is 5.87. The lowest BCUT2D eigenvalue weighted by atomic mass is 9.91. The summed E-state index contributed by atoms with van der Waals surface area (Å²) in [5.74, 6) is 4.61. The first-order chi connectivity index (χ1) is 14.0. The lowest BCUT2D eigenvalue weighted by molar-refractivity contribution is 0.419. The van der Waals surface area contributed by atoms with Crippen LogP contribution in [0.1, 0.15) is 26.3 Å². The lowest BCUT2D eigenvalue weighted by Crippen LogP contribution is -2.54. The maximum absolute atomic E-state index is 15.0. The highest BCUT2D eigenvalue weighted by atomic mass is 32.2. The molecule has 0 spiro atoms. The second-order valence-electron chi connectivity index (χ2n) is 8.54. The zero-order valence-corrected chi connectivity index (χ0v) is 18.4. The third-order valence-corrected chi connectivity index (χ3v) is 9.22. The third kappa shape index (κ3) is 2.99. The van der Waals surface area contributed by atoms with Crippen LogP contribution in [0.2, 0.25) is 0 Å². The van der Waals surface area contributed by atoms with Gasteiger partial charge in [-0.25, -0.2) is 4.39 Å². The number of fused-ring (bicyclic) bond motifs is 1. The summed E-state index contributed by atoms with van der Waals surface area (Å²) in [6.45, 7) is 5.30. The Balaban J connectivity index is 1.87. The SMILES string of the molecule is C=S1(=O)C[C@@](C)(c2cc(-c3cc4cccc(OC)c4[nH]3)ccc2F)N=C(N)C1(C)C. The highest BCUT2D eigenvalue weighted by Gasteiger charge is 2.45. The number of methoxy groups -OCH3 is 1. The molecule has 0 saturated heterocycles. The van der Waals surface area contributed by atoms with Crippen LogP contribution in [0, 0.1) is 5.82 Å². The Kier molecular flexibility index (Phi) is 4.51. The smallest absolute Gasteiger partial charge is 0.142 e. The third-order valence-electron chi connectivity index (χ3n) is 6.12. The van der Waals surface area contributed by atoms with Gasteiger partial charge in [-0.1, -0.05) is 12.1 Å². The molecule has 0 bridgehead atoms. The van der Waals surface area contributed by atoms with Gasteiger partial charge >= 0.3 is 0 Å². The quantitative estimate of drug-likeness (QED) is 0.619. The van der Waals surface area contributed by atoms with E-state index in [0.29, 0.717) is 5.56 Å². The Bertz CT molecular complexity index is 1290. The van der Waals surface area contributed by atoms with Crippen molar-refractivity contribution in [3.8, 4) is 17.0 Å². The number of para-hydroxylation sites is 1. The molecule has 7 heteroatoms. The highest BCUT2D eigenvalue weighted by Crippen LogP contribution is 2.39. The van der Waals surface area contributed by atoms with Gasteiger partial charge in [0, 0.05) is 22.4 Å². The van der Waals surface area contributed by atoms with E-state index in [2.05, 4.69) is 15.8 Å². The minimum atomic E-state index is -2.64. The first kappa shape index (κ1) is 20.5. The average molecular weight is 428 g/mol. The van der Waals surface area contributed by atoms with Crippen LogP contribution in [0.15, 0.2) is 47.5 Å². The van der Waals surface area contributed by atoms with E-state index < -0.39 is 25.6 Å². The van der Waals surface area contributed by atoms with E-state index in [1.54, 1.807) is 40.0 Å². The van der Waals surface area contributed by atoms with Gasteiger partial charge in [-0.2, -0.15) is 0 Å². The molecule has 2 aromatic carbocycles. The van der Waals surface area contributed by atoms with Crippen LogP contribution in [0.3, 0.4) is 0 Å². The Hall–Kier alpha value is -2.80. The van der Waals surface area contributed by atoms with Gasteiger partial charge in [0.2, 0.25) is 0 Å². The standard InChI is InChI=1S/C23H26FN3O2S/c1-22(2)21(25)27-23(3,13-30(22,5)28)16-11-14(9-10-17(16)24)18-12-15-7-6-8-19(29-4)20(15)26-18/h6-12,26H,5,13H2,1-4H3,(H2,25,27)/t23-,30?/m0/s1. The number of hydrogen-bond donors (Lipinski definition) is 2. The zero-order valence-electron chi connectivity index (χ0n) is 17.6. The van der Waals surface area contributed by atoms with Crippen molar-refractivity contribution in [3.05, 3.63) is 53.8 Å². The van der Waals surface area contributed by atoms with E-state index >= 15 is 0 Å². The number of nitrogens with zero attached hydrogens (tertiary/aromatic N) is 1. The fourth-order valence-electron chi connectivity index (χ4n) is 3.96. The molecule has 30 heavy (non-hydrogen) atoms. The molecule has 0 amide bonds. The molecule has 1 aliphatic rings. The lowest BCUT2D eigenvalue weighted by Gasteiger charge is -2.41. The number of rotatable bonds is 3. The number of amidine groups is 1. The minimum absolute atomic E-state index is 0.120. The number of nitrogens with one attached hydrogen (secondary N) is 1. The molecular formula is C23H26FN3O2S. The molecule has 3 aromatic rings. The molecule has 5 nitrogen and oxygen atoms in total. The van der Waals surface area contributed by atoms with E-state index in [-0.39, 0.29) is 11.6 Å². The molecule has 0 fully saturated rings. The van der Waals surface area contributed by atoms with E-state index in [4.69, 9.17) is 10.5 Å². The summed E-state index contributed by atoms with van der Waals surface area (Å²) < 4.78 is 32.8. The van der Waals surface area contributed by atoms with Gasteiger partial charge in [-0.15, -0.1) is 0 Å². The predicted octanol–water partition coefficient (Wildman–Crippen LogP) is 4.06. The molecule has 0 saturated carbocycles. The van der Waals surface area contributed by atoms with E-state index in [9.17, 15) is 8.60 Å². The second-order valence-corrected chi connectivity index (χ2v) is 11.5. The molecule has 2 heterocycles. The number of halogens is 1. The van der Waals surface area contributed by atoms with Gasteiger partial charge in [0.25, 0.3) is 0 Å². The number of hydrogen-bond acceptors (Lipinski definition) is 4. The average Bonchev–Trinajstić information content (AvgIpc) is 3.10. The molecule has 3 N–H and O–H groups in total. The fraction of sp³-hybridized carbons (Fsp3) is 0.304. The Morgan fingerprint density at radius 1 is 1.23 bits per heavy atom.